The molecule has 0 spiro atoms. The average Bonchev–Trinajstić information content (AvgIpc) is 3.21. The van der Waals surface area contributed by atoms with E-state index < -0.39 is 0 Å². The minimum absolute atomic E-state index is 0.255. The second-order valence-electron chi connectivity index (χ2n) is 6.03. The van der Waals surface area contributed by atoms with Crippen LogP contribution in [0.1, 0.15) is 11.7 Å². The van der Waals surface area contributed by atoms with E-state index >= 15 is 0 Å². The van der Waals surface area contributed by atoms with Crippen molar-refractivity contribution in [2.75, 3.05) is 12.4 Å². The molecule has 0 fully saturated rings. The highest BCUT2D eigenvalue weighted by atomic mass is 16.5. The van der Waals surface area contributed by atoms with E-state index in [0.717, 1.165) is 39.2 Å². The van der Waals surface area contributed by atoms with Crippen molar-refractivity contribution in [2.24, 2.45) is 10.7 Å². The summed E-state index contributed by atoms with van der Waals surface area (Å²) in [6.45, 7) is 0. The lowest BCUT2D eigenvalue weighted by atomic mass is 10.1. The second-order valence-corrected chi connectivity index (χ2v) is 6.03. The summed E-state index contributed by atoms with van der Waals surface area (Å²) in [4.78, 5) is 11.3. The average molecular weight is 333 g/mol. The first kappa shape index (κ1) is 13.9. The molecule has 5 N–H and O–H groups in total. The number of hydrogen-bond donors (Lipinski definition) is 4. The lowest BCUT2D eigenvalue weighted by Crippen LogP contribution is -2.47. The summed E-state index contributed by atoms with van der Waals surface area (Å²) >= 11 is 0. The predicted octanol–water partition coefficient (Wildman–Crippen LogP) is 2.23. The molecule has 0 saturated heterocycles. The van der Waals surface area contributed by atoms with E-state index in [2.05, 4.69) is 30.9 Å². The van der Waals surface area contributed by atoms with E-state index in [-0.39, 0.29) is 6.17 Å². The summed E-state index contributed by atoms with van der Waals surface area (Å²) in [5, 5.41) is 4.20. The minimum Gasteiger partial charge on any atom is -0.497 e. The van der Waals surface area contributed by atoms with Crippen molar-refractivity contribution in [1.29, 1.82) is 0 Å². The number of benzene rings is 2. The van der Waals surface area contributed by atoms with Crippen LogP contribution in [0.15, 0.2) is 53.7 Å². The van der Waals surface area contributed by atoms with Crippen molar-refractivity contribution in [3.8, 4) is 5.75 Å². The highest BCUT2D eigenvalue weighted by Crippen LogP contribution is 2.30. The van der Waals surface area contributed by atoms with Crippen LogP contribution in [0.3, 0.4) is 0 Å². The number of hydrogen-bond acceptors (Lipinski definition) is 4. The third-order valence-electron chi connectivity index (χ3n) is 4.61. The molecular formula is C18H17N6O+. The van der Waals surface area contributed by atoms with Crippen molar-refractivity contribution in [2.45, 2.75) is 6.17 Å². The fourth-order valence-corrected chi connectivity index (χ4v) is 3.46. The lowest BCUT2D eigenvalue weighted by molar-refractivity contribution is -0.674. The first-order valence-corrected chi connectivity index (χ1v) is 8.02. The molecule has 0 saturated carbocycles. The maximum absolute atomic E-state index is 6.03. The molecule has 1 atom stereocenters. The molecule has 25 heavy (non-hydrogen) atoms. The summed E-state index contributed by atoms with van der Waals surface area (Å²) in [6, 6.07) is 14.1. The molecular weight excluding hydrogens is 316 g/mol. The van der Waals surface area contributed by atoms with Crippen molar-refractivity contribution in [3.05, 3.63) is 54.2 Å². The van der Waals surface area contributed by atoms with Gasteiger partial charge in [0.25, 0.3) is 5.96 Å². The van der Waals surface area contributed by atoms with Crippen LogP contribution in [-0.2, 0) is 0 Å². The number of anilines is 1. The Labute approximate surface area is 143 Å². The number of aliphatic imine (C=N–C) groups is 1. The Morgan fingerprint density at radius 1 is 1.16 bits per heavy atom. The molecule has 1 aliphatic heterocycles. The normalized spacial score (nSPS) is 16.5. The predicted molar refractivity (Wildman–Crippen MR) is 96.7 cm³/mol. The quantitative estimate of drug-likeness (QED) is 0.424. The van der Waals surface area contributed by atoms with Gasteiger partial charge in [-0.25, -0.2) is 14.9 Å². The molecule has 0 unspecified atom stereocenters. The maximum Gasteiger partial charge on any atom is 0.365 e. The molecule has 7 nitrogen and oxygen atoms in total. The Morgan fingerprint density at radius 3 is 2.92 bits per heavy atom. The number of nitrogens with two attached hydrogens (primary N) is 1. The van der Waals surface area contributed by atoms with E-state index in [1.54, 1.807) is 7.11 Å². The standard InChI is InChI=1S/C18H16N6O/c1-25-10-6-7-11-12(9-20-14(11)8-10)16-22-17(19)23-18-21-13-4-2-3-5-15(13)24(16)18/h2-9,16,20H,1H3,(H3,19,21,22,23)/p+1/t16-/m0/s1. The summed E-state index contributed by atoms with van der Waals surface area (Å²) in [7, 11) is 1.66. The van der Waals surface area contributed by atoms with Crippen molar-refractivity contribution >= 4 is 33.8 Å². The number of aromatic amines is 2. The van der Waals surface area contributed by atoms with Crippen molar-refractivity contribution < 1.29 is 9.30 Å². The number of guanidine groups is 1. The van der Waals surface area contributed by atoms with Gasteiger partial charge >= 0.3 is 5.95 Å². The number of methoxy groups -OCH3 is 1. The third-order valence-corrected chi connectivity index (χ3v) is 4.61. The number of aromatic nitrogens is 3. The van der Waals surface area contributed by atoms with Gasteiger partial charge in [0.05, 0.1) is 7.11 Å². The molecule has 124 valence electrons. The highest BCUT2D eigenvalue weighted by molar-refractivity contribution is 5.93. The van der Waals surface area contributed by atoms with Crippen LogP contribution in [-0.4, -0.2) is 23.0 Å². The number of nitrogens with one attached hydrogen (secondary N) is 3. The molecule has 2 aromatic carbocycles. The first-order chi connectivity index (χ1) is 12.2. The molecule has 5 rings (SSSR count). The fraction of sp³-hybridized carbons (Fsp3) is 0.111. The third kappa shape index (κ3) is 1.99. The Bertz CT molecular complexity index is 1140. The van der Waals surface area contributed by atoms with Gasteiger partial charge < -0.3 is 15.5 Å². The molecule has 2 aromatic heterocycles. The second kappa shape index (κ2) is 5.01. The number of H-pyrrole nitrogens is 2. The zero-order valence-electron chi connectivity index (χ0n) is 13.6. The van der Waals surface area contributed by atoms with E-state index in [4.69, 9.17) is 10.5 Å². The van der Waals surface area contributed by atoms with E-state index in [1.807, 2.05) is 42.6 Å². The van der Waals surface area contributed by atoms with Crippen LogP contribution in [0.5, 0.6) is 5.75 Å². The molecule has 7 heteroatoms. The highest BCUT2D eigenvalue weighted by Gasteiger charge is 2.32. The molecule has 0 radical (unpaired) electrons. The number of nitrogens with zero attached hydrogens (tertiary/aromatic N) is 2. The van der Waals surface area contributed by atoms with Crippen LogP contribution in [0.4, 0.5) is 5.95 Å². The van der Waals surface area contributed by atoms with E-state index in [9.17, 15) is 0 Å². The topological polar surface area (TPSA) is 95.1 Å². The fourth-order valence-electron chi connectivity index (χ4n) is 3.46. The van der Waals surface area contributed by atoms with Gasteiger partial charge in [-0.05, 0) is 24.3 Å². The van der Waals surface area contributed by atoms with Crippen LogP contribution in [0, 0.1) is 0 Å². The summed E-state index contributed by atoms with van der Waals surface area (Å²) in [5.74, 6) is 2.02. The van der Waals surface area contributed by atoms with Crippen molar-refractivity contribution in [1.82, 2.24) is 9.97 Å². The van der Waals surface area contributed by atoms with Gasteiger partial charge in [-0.3, -0.25) is 0 Å². The number of ether oxygens (including phenoxy) is 1. The van der Waals surface area contributed by atoms with Crippen LogP contribution in [0.2, 0.25) is 0 Å². The number of fused-ring (bicyclic) bond motifs is 4. The Balaban J connectivity index is 1.75. The number of imidazole rings is 1. The SMILES string of the molecule is COc1ccc2c([C@H]3N=C(N)Nc4[nH]c5ccccc5[n+]43)c[nH]c2c1. The summed E-state index contributed by atoms with van der Waals surface area (Å²) in [6.07, 6.45) is 1.73. The molecule has 0 amide bonds. The Kier molecular flexibility index (Phi) is 2.79. The zero-order valence-corrected chi connectivity index (χ0v) is 13.6. The first-order valence-electron chi connectivity index (χ1n) is 8.02. The zero-order chi connectivity index (χ0) is 17.0. The number of para-hydroxylation sites is 2. The molecule has 4 aromatic rings. The Hall–Kier alpha value is -3.48. The van der Waals surface area contributed by atoms with Crippen LogP contribution < -0.4 is 20.4 Å². The van der Waals surface area contributed by atoms with Crippen LogP contribution in [0.25, 0.3) is 21.9 Å². The summed E-state index contributed by atoms with van der Waals surface area (Å²) in [5.41, 5.74) is 10.2. The minimum atomic E-state index is -0.255. The van der Waals surface area contributed by atoms with Gasteiger partial charge in [0.15, 0.2) is 0 Å². The van der Waals surface area contributed by atoms with Gasteiger partial charge in [0, 0.05) is 28.7 Å². The van der Waals surface area contributed by atoms with Gasteiger partial charge in [-0.1, -0.05) is 12.1 Å². The Morgan fingerprint density at radius 2 is 2.04 bits per heavy atom. The number of rotatable bonds is 2. The van der Waals surface area contributed by atoms with Crippen molar-refractivity contribution in [3.63, 3.8) is 0 Å². The van der Waals surface area contributed by atoms with Gasteiger partial charge in [0.2, 0.25) is 6.17 Å². The monoisotopic (exact) mass is 333 g/mol. The van der Waals surface area contributed by atoms with E-state index in [0.29, 0.717) is 5.96 Å². The summed E-state index contributed by atoms with van der Waals surface area (Å²) < 4.78 is 7.43. The van der Waals surface area contributed by atoms with E-state index in [1.165, 1.54) is 0 Å². The lowest BCUT2D eigenvalue weighted by Gasteiger charge is -2.17. The molecule has 3 heterocycles. The van der Waals surface area contributed by atoms with Gasteiger partial charge in [-0.15, -0.1) is 0 Å². The largest absolute Gasteiger partial charge is 0.497 e. The smallest absolute Gasteiger partial charge is 0.365 e. The molecule has 0 bridgehead atoms. The molecule has 1 aliphatic rings. The van der Waals surface area contributed by atoms with Gasteiger partial charge in [-0.2, -0.15) is 4.99 Å². The maximum atomic E-state index is 6.03. The van der Waals surface area contributed by atoms with Crippen LogP contribution >= 0.6 is 0 Å². The van der Waals surface area contributed by atoms with Gasteiger partial charge in [0.1, 0.15) is 16.8 Å². The molecule has 0 aliphatic carbocycles.